The lowest BCUT2D eigenvalue weighted by molar-refractivity contribution is -0.0963. The van der Waals surface area contributed by atoms with Crippen molar-refractivity contribution in [1.29, 1.82) is 10.5 Å². The zero-order valence-corrected chi connectivity index (χ0v) is 22.5. The monoisotopic (exact) mass is 540 g/mol. The summed E-state index contributed by atoms with van der Waals surface area (Å²) < 4.78 is 16.3. The zero-order valence-electron chi connectivity index (χ0n) is 22.5. The molecule has 3 aliphatic heterocycles. The van der Waals surface area contributed by atoms with Gasteiger partial charge in [0.1, 0.15) is 30.2 Å². The molecule has 2 aromatic rings. The maximum absolute atomic E-state index is 9.68. The Morgan fingerprint density at radius 2 is 1.98 bits per heavy atom. The summed E-state index contributed by atoms with van der Waals surface area (Å²) in [7, 11) is 0. The van der Waals surface area contributed by atoms with E-state index in [-0.39, 0.29) is 6.61 Å². The third-order valence-electron chi connectivity index (χ3n) is 7.36. The van der Waals surface area contributed by atoms with E-state index in [4.69, 9.17) is 14.2 Å². The van der Waals surface area contributed by atoms with Gasteiger partial charge < -0.3 is 24.4 Å². The van der Waals surface area contributed by atoms with Crippen LogP contribution < -0.4 is 10.1 Å². The number of anilines is 1. The van der Waals surface area contributed by atoms with Gasteiger partial charge in [0.05, 0.1) is 44.1 Å². The van der Waals surface area contributed by atoms with Gasteiger partial charge in [0.15, 0.2) is 5.82 Å². The number of hydrogen-bond acceptors (Lipinski definition) is 11. The summed E-state index contributed by atoms with van der Waals surface area (Å²) in [6.07, 6.45) is 7.16. The maximum Gasteiger partial charge on any atom is 0.230 e. The molecule has 0 atom stereocenters. The molecule has 0 spiro atoms. The second kappa shape index (κ2) is 12.3. The highest BCUT2D eigenvalue weighted by molar-refractivity contribution is 5.62. The third kappa shape index (κ3) is 6.13. The van der Waals surface area contributed by atoms with Crippen molar-refractivity contribution in [3.8, 4) is 29.3 Å². The van der Waals surface area contributed by atoms with Crippen molar-refractivity contribution < 1.29 is 14.2 Å². The SMILES string of the molecule is C=C/C(=C\C=C(/C)N1CCN(C2COC2)CC1)Nc1ncnc(-c2ccc(OCC3(C#N)COC3)c(C#N)c2)n1. The molecule has 0 saturated carbocycles. The van der Waals surface area contributed by atoms with E-state index >= 15 is 0 Å². The minimum Gasteiger partial charge on any atom is -0.490 e. The third-order valence-corrected chi connectivity index (χ3v) is 7.36. The number of benzene rings is 1. The lowest BCUT2D eigenvalue weighted by Gasteiger charge is -2.43. The van der Waals surface area contributed by atoms with Gasteiger partial charge in [0.2, 0.25) is 5.95 Å². The van der Waals surface area contributed by atoms with Crippen LogP contribution in [-0.2, 0) is 9.47 Å². The second-order valence-corrected chi connectivity index (χ2v) is 10.1. The van der Waals surface area contributed by atoms with Crippen LogP contribution in [0.5, 0.6) is 5.75 Å². The van der Waals surface area contributed by atoms with Crippen molar-refractivity contribution in [3.05, 3.63) is 66.3 Å². The number of rotatable bonds is 10. The largest absolute Gasteiger partial charge is 0.490 e. The summed E-state index contributed by atoms with van der Waals surface area (Å²) in [6, 6.07) is 10.1. The Hall–Kier alpha value is -4.29. The van der Waals surface area contributed by atoms with Crippen molar-refractivity contribution in [2.24, 2.45) is 5.41 Å². The predicted octanol–water partition coefficient (Wildman–Crippen LogP) is 2.73. The summed E-state index contributed by atoms with van der Waals surface area (Å²) in [4.78, 5) is 18.0. The van der Waals surface area contributed by atoms with Gasteiger partial charge in [-0.3, -0.25) is 4.90 Å². The Balaban J connectivity index is 1.23. The van der Waals surface area contributed by atoms with E-state index in [1.807, 2.05) is 6.08 Å². The smallest absolute Gasteiger partial charge is 0.230 e. The van der Waals surface area contributed by atoms with E-state index in [2.05, 4.69) is 61.8 Å². The van der Waals surface area contributed by atoms with Crippen LogP contribution in [0, 0.1) is 28.1 Å². The van der Waals surface area contributed by atoms with Gasteiger partial charge >= 0.3 is 0 Å². The van der Waals surface area contributed by atoms with Gasteiger partial charge in [-0.1, -0.05) is 6.58 Å². The molecule has 11 nitrogen and oxygen atoms in total. The molecule has 11 heteroatoms. The molecule has 5 rings (SSSR count). The molecule has 0 radical (unpaired) electrons. The molecule has 206 valence electrons. The maximum atomic E-state index is 9.68. The number of nitrogens with zero attached hydrogens (tertiary/aromatic N) is 7. The first-order valence-electron chi connectivity index (χ1n) is 13.2. The van der Waals surface area contributed by atoms with E-state index in [9.17, 15) is 10.5 Å². The minimum atomic E-state index is -0.662. The van der Waals surface area contributed by atoms with Crippen molar-refractivity contribution >= 4 is 5.95 Å². The topological polar surface area (TPSA) is 132 Å². The number of piperazine rings is 1. The number of ether oxygens (including phenoxy) is 3. The van der Waals surface area contributed by atoms with Crippen molar-refractivity contribution in [3.63, 3.8) is 0 Å². The van der Waals surface area contributed by atoms with E-state index in [0.29, 0.717) is 47.9 Å². The summed E-state index contributed by atoms with van der Waals surface area (Å²) in [5.41, 5.74) is 2.23. The predicted molar refractivity (Wildman–Crippen MR) is 148 cm³/mol. The second-order valence-electron chi connectivity index (χ2n) is 10.1. The van der Waals surface area contributed by atoms with Crippen molar-refractivity contribution in [2.45, 2.75) is 13.0 Å². The Morgan fingerprint density at radius 1 is 1.18 bits per heavy atom. The highest BCUT2D eigenvalue weighted by atomic mass is 16.5. The summed E-state index contributed by atoms with van der Waals surface area (Å²) in [6.45, 7) is 12.6. The van der Waals surface area contributed by atoms with Crippen LogP contribution >= 0.6 is 0 Å². The van der Waals surface area contributed by atoms with Crippen LogP contribution in [0.1, 0.15) is 12.5 Å². The summed E-state index contributed by atoms with van der Waals surface area (Å²) >= 11 is 0. The fourth-order valence-corrected chi connectivity index (χ4v) is 4.60. The van der Waals surface area contributed by atoms with E-state index in [1.165, 1.54) is 12.0 Å². The molecule has 0 amide bonds. The first-order chi connectivity index (χ1) is 19.5. The average Bonchev–Trinajstić information content (AvgIpc) is 2.94. The zero-order chi connectivity index (χ0) is 28.0. The molecule has 3 fully saturated rings. The minimum absolute atomic E-state index is 0.161. The Morgan fingerprint density at radius 3 is 2.60 bits per heavy atom. The number of nitriles is 2. The lowest BCUT2D eigenvalue weighted by Crippen LogP contribution is -2.56. The fourth-order valence-electron chi connectivity index (χ4n) is 4.60. The van der Waals surface area contributed by atoms with Gasteiger partial charge in [0, 0.05) is 43.1 Å². The Labute approximate surface area is 234 Å². The normalized spacial score (nSPS) is 19.5. The molecule has 3 aliphatic rings. The van der Waals surface area contributed by atoms with Gasteiger partial charge in [-0.05, 0) is 43.4 Å². The van der Waals surface area contributed by atoms with Gasteiger partial charge in [0.25, 0.3) is 0 Å². The van der Waals surface area contributed by atoms with Crippen LogP contribution in [0.25, 0.3) is 11.4 Å². The summed E-state index contributed by atoms with van der Waals surface area (Å²) in [5, 5.41) is 22.2. The average molecular weight is 541 g/mol. The molecule has 0 aliphatic carbocycles. The van der Waals surface area contributed by atoms with Gasteiger partial charge in [-0.25, -0.2) is 9.97 Å². The molecule has 1 N–H and O–H groups in total. The molecular formula is C29H32N8O3. The molecular weight excluding hydrogens is 508 g/mol. The highest BCUT2D eigenvalue weighted by Crippen LogP contribution is 2.30. The van der Waals surface area contributed by atoms with Crippen LogP contribution in [0.15, 0.2) is 60.7 Å². The van der Waals surface area contributed by atoms with Crippen LogP contribution in [-0.4, -0.2) is 90.0 Å². The number of aromatic nitrogens is 3. The first kappa shape index (κ1) is 27.3. The quantitative estimate of drug-likeness (QED) is 0.446. The standard InChI is InChI=1S/C29H32N8O3/c1-3-24(6-4-21(2)36-8-10-37(11-9-36)25-14-38-15-25)34-28-33-20-32-27(35-28)22-5-7-26(23(12-22)13-30)40-19-29(16-31)17-39-18-29/h3-7,12,20,25H,1,8-11,14-15,17-19H2,2H3,(H,32,33,34,35)/b21-4+,24-6+. The lowest BCUT2D eigenvalue weighted by atomic mass is 9.89. The molecule has 3 saturated heterocycles. The van der Waals surface area contributed by atoms with Crippen LogP contribution in [0.2, 0.25) is 0 Å². The summed E-state index contributed by atoms with van der Waals surface area (Å²) in [5.74, 6) is 1.17. The molecule has 1 aromatic carbocycles. The van der Waals surface area contributed by atoms with E-state index in [1.54, 1.807) is 24.3 Å². The van der Waals surface area contributed by atoms with E-state index in [0.717, 1.165) is 45.1 Å². The molecule has 0 bridgehead atoms. The number of hydrogen-bond donors (Lipinski definition) is 1. The van der Waals surface area contributed by atoms with Crippen LogP contribution in [0.4, 0.5) is 5.95 Å². The van der Waals surface area contributed by atoms with Crippen molar-refractivity contribution in [2.75, 3.05) is 64.5 Å². The van der Waals surface area contributed by atoms with Gasteiger partial charge in [-0.2, -0.15) is 15.5 Å². The van der Waals surface area contributed by atoms with Crippen molar-refractivity contribution in [1.82, 2.24) is 24.8 Å². The van der Waals surface area contributed by atoms with Gasteiger partial charge in [-0.15, -0.1) is 0 Å². The molecule has 0 unspecified atom stereocenters. The fraction of sp³-hybridized carbons (Fsp3) is 0.414. The molecule has 4 heterocycles. The van der Waals surface area contributed by atoms with Crippen LogP contribution in [0.3, 0.4) is 0 Å². The Bertz CT molecular complexity index is 1380. The van der Waals surface area contributed by atoms with E-state index < -0.39 is 5.41 Å². The number of nitrogens with one attached hydrogen (secondary N) is 1. The molecule has 1 aromatic heterocycles. The first-order valence-corrected chi connectivity index (χ1v) is 13.2. The molecule has 40 heavy (non-hydrogen) atoms. The number of allylic oxidation sites excluding steroid dienone is 4. The Kier molecular flexibility index (Phi) is 8.37. The highest BCUT2D eigenvalue weighted by Gasteiger charge is 2.40.